The molecule has 0 aromatic carbocycles. The maximum Gasteiger partial charge on any atom is 0.321 e. The molecule has 138 valence electrons. The molecule has 4 amide bonds. The molecule has 24 heavy (non-hydrogen) atoms. The Hall–Kier alpha value is -1.67. The van der Waals surface area contributed by atoms with Gasteiger partial charge in [0.2, 0.25) is 11.8 Å². The van der Waals surface area contributed by atoms with E-state index >= 15 is 0 Å². The molecular weight excluding hydrogens is 310 g/mol. The fourth-order valence-electron chi connectivity index (χ4n) is 2.41. The molecule has 0 bridgehead atoms. The first-order valence-electron chi connectivity index (χ1n) is 8.33. The van der Waals surface area contributed by atoms with Crippen molar-refractivity contribution in [2.45, 2.75) is 32.7 Å². The van der Waals surface area contributed by atoms with Crippen molar-refractivity contribution in [1.82, 2.24) is 25.3 Å². The van der Waals surface area contributed by atoms with Gasteiger partial charge in [0.15, 0.2) is 0 Å². The first-order valence-corrected chi connectivity index (χ1v) is 8.33. The van der Waals surface area contributed by atoms with Crippen molar-refractivity contribution in [1.29, 1.82) is 0 Å². The number of carbonyl (C=O) groups excluding carboxylic acids is 3. The van der Waals surface area contributed by atoms with E-state index in [1.165, 1.54) is 0 Å². The summed E-state index contributed by atoms with van der Waals surface area (Å²) in [5.41, 5.74) is -0.382. The fraction of sp³-hybridized carbons (Fsp3) is 0.812. The molecule has 0 atom stereocenters. The summed E-state index contributed by atoms with van der Waals surface area (Å²) in [7, 11) is 3.50. The highest BCUT2D eigenvalue weighted by molar-refractivity contribution is 5.95. The minimum atomic E-state index is -0.472. The summed E-state index contributed by atoms with van der Waals surface area (Å²) in [4.78, 5) is 41.2. The molecule has 1 fully saturated rings. The largest absolute Gasteiger partial charge is 0.348 e. The molecule has 1 aliphatic heterocycles. The topological polar surface area (TPSA) is 85.0 Å². The third-order valence-corrected chi connectivity index (χ3v) is 3.65. The van der Waals surface area contributed by atoms with E-state index in [1.54, 1.807) is 19.0 Å². The molecule has 1 aliphatic rings. The number of rotatable bonds is 4. The molecule has 0 unspecified atom stereocenters. The molecule has 0 saturated carbocycles. The van der Waals surface area contributed by atoms with Gasteiger partial charge >= 0.3 is 6.03 Å². The molecule has 1 heterocycles. The molecule has 8 nitrogen and oxygen atoms in total. The molecular formula is C16H31N5O3. The molecule has 0 aliphatic carbocycles. The summed E-state index contributed by atoms with van der Waals surface area (Å²) in [5.74, 6) is -0.227. The van der Waals surface area contributed by atoms with Crippen molar-refractivity contribution >= 4 is 17.8 Å². The second-order valence-corrected chi connectivity index (χ2v) is 7.45. The number of imide groups is 1. The molecule has 0 radical (unpaired) electrons. The van der Waals surface area contributed by atoms with Crippen LogP contribution in [0.15, 0.2) is 0 Å². The summed E-state index contributed by atoms with van der Waals surface area (Å²) in [5, 5.41) is 5.06. The molecule has 1 rings (SSSR count). The Morgan fingerprint density at radius 1 is 0.958 bits per heavy atom. The number of urea groups is 1. The number of likely N-dealkylation sites (N-methyl/N-ethyl adjacent to an activating group) is 1. The predicted octanol–water partition coefficient (Wildman–Crippen LogP) is -0.293. The highest BCUT2D eigenvalue weighted by atomic mass is 16.2. The first-order chi connectivity index (χ1) is 11.1. The molecule has 0 spiro atoms. The predicted molar refractivity (Wildman–Crippen MR) is 92.6 cm³/mol. The van der Waals surface area contributed by atoms with E-state index < -0.39 is 6.03 Å². The number of hydrogen-bond acceptors (Lipinski definition) is 5. The number of nitrogens with one attached hydrogen (secondary N) is 2. The summed E-state index contributed by atoms with van der Waals surface area (Å²) in [6.07, 6.45) is 0.891. The smallest absolute Gasteiger partial charge is 0.321 e. The monoisotopic (exact) mass is 341 g/mol. The van der Waals surface area contributed by atoms with Gasteiger partial charge in [-0.05, 0) is 40.3 Å². The maximum atomic E-state index is 12.0. The molecule has 0 aromatic heterocycles. The summed E-state index contributed by atoms with van der Waals surface area (Å²) >= 11 is 0. The third-order valence-electron chi connectivity index (χ3n) is 3.65. The maximum absolute atomic E-state index is 12.0. The van der Waals surface area contributed by atoms with E-state index in [-0.39, 0.29) is 23.9 Å². The van der Waals surface area contributed by atoms with E-state index in [4.69, 9.17) is 0 Å². The van der Waals surface area contributed by atoms with E-state index in [2.05, 4.69) is 15.5 Å². The SMILES string of the molecule is CN(C)C(=O)CN1CCCN(CC(=O)NC(=O)NC(C)(C)C)CC1. The highest BCUT2D eigenvalue weighted by Gasteiger charge is 2.21. The van der Waals surface area contributed by atoms with Crippen LogP contribution in [-0.4, -0.2) is 91.4 Å². The lowest BCUT2D eigenvalue weighted by Gasteiger charge is -2.23. The van der Waals surface area contributed by atoms with E-state index in [0.717, 1.165) is 26.1 Å². The van der Waals surface area contributed by atoms with Crippen LogP contribution in [0.25, 0.3) is 0 Å². The zero-order valence-electron chi connectivity index (χ0n) is 15.5. The minimum Gasteiger partial charge on any atom is -0.348 e. The number of hydrogen-bond donors (Lipinski definition) is 2. The van der Waals surface area contributed by atoms with Crippen molar-refractivity contribution in [2.24, 2.45) is 0 Å². The quantitative estimate of drug-likeness (QED) is 0.734. The van der Waals surface area contributed by atoms with Crippen molar-refractivity contribution in [3.8, 4) is 0 Å². The van der Waals surface area contributed by atoms with Gasteiger partial charge in [-0.1, -0.05) is 0 Å². The Labute approximate surface area is 144 Å². The Morgan fingerprint density at radius 2 is 1.50 bits per heavy atom. The molecule has 8 heteroatoms. The van der Waals surface area contributed by atoms with Gasteiger partial charge in [-0.2, -0.15) is 0 Å². The lowest BCUT2D eigenvalue weighted by Crippen LogP contribution is -2.50. The summed E-state index contributed by atoms with van der Waals surface area (Å²) in [6.45, 7) is 9.22. The van der Waals surface area contributed by atoms with Gasteiger partial charge in [-0.25, -0.2) is 4.79 Å². The minimum absolute atomic E-state index is 0.0834. The van der Waals surface area contributed by atoms with Crippen LogP contribution in [0.5, 0.6) is 0 Å². The summed E-state index contributed by atoms with van der Waals surface area (Å²) in [6, 6.07) is -0.472. The second-order valence-electron chi connectivity index (χ2n) is 7.45. The van der Waals surface area contributed by atoms with E-state index in [1.807, 2.05) is 25.7 Å². The van der Waals surface area contributed by atoms with Gasteiger partial charge in [0.25, 0.3) is 0 Å². The Balaban J connectivity index is 2.38. The van der Waals surface area contributed by atoms with Gasteiger partial charge in [0, 0.05) is 32.7 Å². The van der Waals surface area contributed by atoms with Crippen LogP contribution >= 0.6 is 0 Å². The fourth-order valence-corrected chi connectivity index (χ4v) is 2.41. The van der Waals surface area contributed by atoms with E-state index in [9.17, 15) is 14.4 Å². The number of nitrogens with zero attached hydrogens (tertiary/aromatic N) is 3. The normalized spacial score (nSPS) is 17.0. The summed E-state index contributed by atoms with van der Waals surface area (Å²) < 4.78 is 0. The van der Waals surface area contributed by atoms with Gasteiger partial charge in [-0.3, -0.25) is 24.7 Å². The standard InChI is InChI=1S/C16H31N5O3/c1-16(2,3)18-15(24)17-13(22)11-20-7-6-8-21(10-9-20)12-14(23)19(4)5/h6-12H2,1-5H3,(H2,17,18,22,24). The van der Waals surface area contributed by atoms with Crippen LogP contribution in [0.3, 0.4) is 0 Å². The van der Waals surface area contributed by atoms with Gasteiger partial charge in [-0.15, -0.1) is 0 Å². The van der Waals surface area contributed by atoms with Crippen LogP contribution in [0.1, 0.15) is 27.2 Å². The van der Waals surface area contributed by atoms with Crippen LogP contribution in [-0.2, 0) is 9.59 Å². The van der Waals surface area contributed by atoms with Crippen LogP contribution in [0.2, 0.25) is 0 Å². The van der Waals surface area contributed by atoms with Crippen molar-refractivity contribution < 1.29 is 14.4 Å². The Kier molecular flexibility index (Phi) is 7.62. The van der Waals surface area contributed by atoms with E-state index in [0.29, 0.717) is 13.1 Å². The average molecular weight is 341 g/mol. The van der Waals surface area contributed by atoms with Crippen LogP contribution in [0.4, 0.5) is 4.79 Å². The molecule has 1 saturated heterocycles. The van der Waals surface area contributed by atoms with Crippen molar-refractivity contribution in [3.63, 3.8) is 0 Å². The zero-order chi connectivity index (χ0) is 18.3. The molecule has 2 N–H and O–H groups in total. The van der Waals surface area contributed by atoms with Crippen molar-refractivity contribution in [3.05, 3.63) is 0 Å². The zero-order valence-corrected chi connectivity index (χ0v) is 15.5. The van der Waals surface area contributed by atoms with Gasteiger partial charge in [0.05, 0.1) is 13.1 Å². The lowest BCUT2D eigenvalue weighted by molar-refractivity contribution is -0.130. The first kappa shape index (κ1) is 20.4. The van der Waals surface area contributed by atoms with Gasteiger partial charge in [0.1, 0.15) is 0 Å². The second kappa shape index (κ2) is 8.98. The lowest BCUT2D eigenvalue weighted by atomic mass is 10.1. The van der Waals surface area contributed by atoms with Gasteiger partial charge < -0.3 is 10.2 Å². The highest BCUT2D eigenvalue weighted by Crippen LogP contribution is 2.03. The average Bonchev–Trinajstić information content (AvgIpc) is 2.61. The van der Waals surface area contributed by atoms with Crippen molar-refractivity contribution in [2.75, 3.05) is 53.4 Å². The third kappa shape index (κ3) is 8.26. The Morgan fingerprint density at radius 3 is 2.00 bits per heavy atom. The molecule has 0 aromatic rings. The van der Waals surface area contributed by atoms with Crippen LogP contribution < -0.4 is 10.6 Å². The number of amides is 4. The Bertz CT molecular complexity index is 459. The van der Waals surface area contributed by atoms with Crippen LogP contribution in [0, 0.1) is 0 Å². The number of carbonyl (C=O) groups is 3.